The summed E-state index contributed by atoms with van der Waals surface area (Å²) in [5, 5.41) is 13.0. The number of rotatable bonds is 8. The lowest BCUT2D eigenvalue weighted by atomic mass is 10.1. The highest BCUT2D eigenvalue weighted by atomic mass is 16.5. The fraction of sp³-hybridized carbons (Fsp3) is 1.00. The Bertz CT molecular complexity index is 103. The molecule has 1 unspecified atom stereocenters. The van der Waals surface area contributed by atoms with Gasteiger partial charge in [-0.05, 0) is 26.3 Å². The highest BCUT2D eigenvalue weighted by molar-refractivity contribution is 4.74. The first-order chi connectivity index (χ1) is 6.12. The van der Waals surface area contributed by atoms with Crippen LogP contribution in [0.1, 0.15) is 33.6 Å². The third-order valence-electron chi connectivity index (χ3n) is 1.69. The molecule has 3 nitrogen and oxygen atoms in total. The molecule has 1 atom stereocenters. The first-order valence-electron chi connectivity index (χ1n) is 5.13. The lowest BCUT2D eigenvalue weighted by molar-refractivity contribution is -0.0319. The number of ether oxygens (including phenoxy) is 1. The molecular formula is C10H23NO2. The van der Waals surface area contributed by atoms with E-state index in [0.717, 1.165) is 26.0 Å². The van der Waals surface area contributed by atoms with Crippen LogP contribution in [0.4, 0.5) is 0 Å². The molecule has 0 aromatic rings. The summed E-state index contributed by atoms with van der Waals surface area (Å²) >= 11 is 0. The van der Waals surface area contributed by atoms with Crippen LogP contribution in [0.25, 0.3) is 0 Å². The molecule has 0 saturated heterocycles. The molecule has 0 fully saturated rings. The van der Waals surface area contributed by atoms with Crippen LogP contribution < -0.4 is 5.32 Å². The first kappa shape index (κ1) is 12.9. The summed E-state index contributed by atoms with van der Waals surface area (Å²) in [5.74, 6) is 0. The zero-order valence-corrected chi connectivity index (χ0v) is 9.10. The van der Waals surface area contributed by atoms with Crippen molar-refractivity contribution >= 4 is 0 Å². The molecule has 0 aliphatic rings. The van der Waals surface area contributed by atoms with Gasteiger partial charge >= 0.3 is 0 Å². The molecule has 13 heavy (non-hydrogen) atoms. The molecule has 0 aromatic heterocycles. The van der Waals surface area contributed by atoms with Crippen LogP contribution in [-0.4, -0.2) is 37.0 Å². The van der Waals surface area contributed by atoms with Crippen LogP contribution in [0.15, 0.2) is 0 Å². The second-order valence-electron chi connectivity index (χ2n) is 3.73. The van der Waals surface area contributed by atoms with Crippen molar-refractivity contribution in [1.82, 2.24) is 5.32 Å². The van der Waals surface area contributed by atoms with E-state index in [1.54, 1.807) is 6.92 Å². The Hall–Kier alpha value is -0.120. The number of nitrogens with one attached hydrogen (secondary N) is 1. The van der Waals surface area contributed by atoms with Crippen LogP contribution >= 0.6 is 0 Å². The molecule has 2 N–H and O–H groups in total. The highest BCUT2D eigenvalue weighted by Crippen LogP contribution is 2.02. The SMILES string of the molecule is CCCNCC(C)(O)COCCC. The predicted molar refractivity (Wildman–Crippen MR) is 54.9 cm³/mol. The smallest absolute Gasteiger partial charge is 0.0975 e. The average Bonchev–Trinajstić information content (AvgIpc) is 2.05. The van der Waals surface area contributed by atoms with E-state index >= 15 is 0 Å². The molecule has 3 heteroatoms. The van der Waals surface area contributed by atoms with Gasteiger partial charge in [0.25, 0.3) is 0 Å². The highest BCUT2D eigenvalue weighted by Gasteiger charge is 2.19. The monoisotopic (exact) mass is 189 g/mol. The summed E-state index contributed by atoms with van der Waals surface area (Å²) < 4.78 is 5.29. The summed E-state index contributed by atoms with van der Waals surface area (Å²) in [6.45, 7) is 8.65. The van der Waals surface area contributed by atoms with Crippen molar-refractivity contribution in [3.63, 3.8) is 0 Å². The molecule has 0 amide bonds. The van der Waals surface area contributed by atoms with Gasteiger partial charge in [0.15, 0.2) is 0 Å². The fourth-order valence-electron chi connectivity index (χ4n) is 1.02. The Morgan fingerprint density at radius 1 is 1.31 bits per heavy atom. The van der Waals surface area contributed by atoms with E-state index in [0.29, 0.717) is 13.2 Å². The second kappa shape index (κ2) is 7.30. The molecule has 0 radical (unpaired) electrons. The van der Waals surface area contributed by atoms with Crippen LogP contribution in [0.5, 0.6) is 0 Å². The van der Waals surface area contributed by atoms with E-state index in [1.165, 1.54) is 0 Å². The molecule has 0 aliphatic heterocycles. The molecular weight excluding hydrogens is 166 g/mol. The summed E-state index contributed by atoms with van der Waals surface area (Å²) in [6, 6.07) is 0. The largest absolute Gasteiger partial charge is 0.386 e. The van der Waals surface area contributed by atoms with Crippen molar-refractivity contribution in [3.8, 4) is 0 Å². The molecule has 80 valence electrons. The average molecular weight is 189 g/mol. The minimum absolute atomic E-state index is 0.414. The maximum atomic E-state index is 9.78. The zero-order chi connectivity index (χ0) is 10.2. The Labute approximate surface area is 81.5 Å². The van der Waals surface area contributed by atoms with E-state index in [1.807, 2.05) is 0 Å². The van der Waals surface area contributed by atoms with Gasteiger partial charge in [0.05, 0.1) is 12.2 Å². The fourth-order valence-corrected chi connectivity index (χ4v) is 1.02. The first-order valence-corrected chi connectivity index (χ1v) is 5.13. The second-order valence-corrected chi connectivity index (χ2v) is 3.73. The Morgan fingerprint density at radius 3 is 2.54 bits per heavy atom. The van der Waals surface area contributed by atoms with Crippen molar-refractivity contribution in [1.29, 1.82) is 0 Å². The minimum atomic E-state index is -0.732. The lowest BCUT2D eigenvalue weighted by Gasteiger charge is -2.23. The van der Waals surface area contributed by atoms with E-state index in [-0.39, 0.29) is 0 Å². The number of aliphatic hydroxyl groups is 1. The molecule has 0 aliphatic carbocycles. The maximum absolute atomic E-state index is 9.78. The van der Waals surface area contributed by atoms with Gasteiger partial charge in [-0.3, -0.25) is 0 Å². The minimum Gasteiger partial charge on any atom is -0.386 e. The maximum Gasteiger partial charge on any atom is 0.0975 e. The summed E-state index contributed by atoms with van der Waals surface area (Å²) in [7, 11) is 0. The van der Waals surface area contributed by atoms with Crippen molar-refractivity contribution in [2.45, 2.75) is 39.2 Å². The normalized spacial score (nSPS) is 15.7. The Morgan fingerprint density at radius 2 is 2.00 bits per heavy atom. The van der Waals surface area contributed by atoms with E-state index in [9.17, 15) is 5.11 Å². The van der Waals surface area contributed by atoms with E-state index < -0.39 is 5.60 Å². The zero-order valence-electron chi connectivity index (χ0n) is 9.10. The van der Waals surface area contributed by atoms with Gasteiger partial charge in [0, 0.05) is 13.2 Å². The third kappa shape index (κ3) is 8.22. The van der Waals surface area contributed by atoms with Crippen LogP contribution in [-0.2, 0) is 4.74 Å². The molecule has 0 bridgehead atoms. The van der Waals surface area contributed by atoms with Crippen molar-refractivity contribution in [3.05, 3.63) is 0 Å². The molecule has 0 rings (SSSR count). The van der Waals surface area contributed by atoms with Gasteiger partial charge in [-0.15, -0.1) is 0 Å². The summed E-state index contributed by atoms with van der Waals surface area (Å²) in [4.78, 5) is 0. The molecule has 0 spiro atoms. The Kier molecular flexibility index (Phi) is 7.23. The number of hydrogen-bond donors (Lipinski definition) is 2. The van der Waals surface area contributed by atoms with Crippen molar-refractivity contribution in [2.75, 3.05) is 26.3 Å². The van der Waals surface area contributed by atoms with Gasteiger partial charge in [0.2, 0.25) is 0 Å². The van der Waals surface area contributed by atoms with E-state index in [4.69, 9.17) is 4.74 Å². The van der Waals surface area contributed by atoms with Gasteiger partial charge < -0.3 is 15.2 Å². The quantitative estimate of drug-likeness (QED) is 0.563. The number of hydrogen-bond acceptors (Lipinski definition) is 3. The standard InChI is InChI=1S/C10H23NO2/c1-4-6-11-8-10(3,12)9-13-7-5-2/h11-12H,4-9H2,1-3H3. The van der Waals surface area contributed by atoms with Gasteiger partial charge in [-0.25, -0.2) is 0 Å². The van der Waals surface area contributed by atoms with Crippen LogP contribution in [0, 0.1) is 0 Å². The van der Waals surface area contributed by atoms with Crippen molar-refractivity contribution in [2.24, 2.45) is 0 Å². The van der Waals surface area contributed by atoms with Gasteiger partial charge in [-0.2, -0.15) is 0 Å². The van der Waals surface area contributed by atoms with E-state index in [2.05, 4.69) is 19.2 Å². The third-order valence-corrected chi connectivity index (χ3v) is 1.69. The van der Waals surface area contributed by atoms with Crippen molar-refractivity contribution < 1.29 is 9.84 Å². The van der Waals surface area contributed by atoms with Crippen LogP contribution in [0.2, 0.25) is 0 Å². The topological polar surface area (TPSA) is 41.5 Å². The Balaban J connectivity index is 3.42. The predicted octanol–water partition coefficient (Wildman–Crippen LogP) is 1.16. The molecule has 0 aromatic carbocycles. The molecule has 0 saturated carbocycles. The van der Waals surface area contributed by atoms with Gasteiger partial charge in [0.1, 0.15) is 0 Å². The lowest BCUT2D eigenvalue weighted by Crippen LogP contribution is -2.42. The molecule has 0 heterocycles. The summed E-state index contributed by atoms with van der Waals surface area (Å²) in [6.07, 6.45) is 2.09. The van der Waals surface area contributed by atoms with Crippen LogP contribution in [0.3, 0.4) is 0 Å². The van der Waals surface area contributed by atoms with Gasteiger partial charge in [-0.1, -0.05) is 13.8 Å². The summed E-state index contributed by atoms with van der Waals surface area (Å²) in [5.41, 5.74) is -0.732.